The van der Waals surface area contributed by atoms with Gasteiger partial charge in [-0.2, -0.15) is 0 Å². The molecule has 0 saturated carbocycles. The first kappa shape index (κ1) is 25.5. The van der Waals surface area contributed by atoms with Crippen molar-refractivity contribution < 1.29 is 4.79 Å². The minimum absolute atomic E-state index is 0. The van der Waals surface area contributed by atoms with Crippen molar-refractivity contribution in [2.75, 3.05) is 45.2 Å². The maximum absolute atomic E-state index is 11.9. The van der Waals surface area contributed by atoms with Gasteiger partial charge in [-0.3, -0.25) is 9.79 Å². The summed E-state index contributed by atoms with van der Waals surface area (Å²) in [6.45, 7) is 10.1. The number of hydrogen-bond donors (Lipinski definition) is 2. The predicted molar refractivity (Wildman–Crippen MR) is 133 cm³/mol. The maximum Gasteiger partial charge on any atom is 0.225 e. The fourth-order valence-electron chi connectivity index (χ4n) is 3.31. The molecule has 0 spiro atoms. The van der Waals surface area contributed by atoms with Crippen LogP contribution in [0.25, 0.3) is 0 Å². The molecule has 1 saturated heterocycles. The van der Waals surface area contributed by atoms with Crippen molar-refractivity contribution in [1.29, 1.82) is 0 Å². The number of hydrogen-bond acceptors (Lipinski definition) is 3. The molecule has 6 nitrogen and oxygen atoms in total. The molecule has 1 aromatic carbocycles. The van der Waals surface area contributed by atoms with Crippen LogP contribution in [0.5, 0.6) is 0 Å². The monoisotopic (exact) mass is 515 g/mol. The van der Waals surface area contributed by atoms with Gasteiger partial charge >= 0.3 is 0 Å². The number of carbonyl (C=O) groups excluding carboxylic acids is 1. The molecule has 0 aromatic heterocycles. The van der Waals surface area contributed by atoms with Crippen LogP contribution < -0.4 is 15.5 Å². The summed E-state index contributed by atoms with van der Waals surface area (Å²) in [5.41, 5.74) is 2.22. The molecule has 1 fully saturated rings. The summed E-state index contributed by atoms with van der Waals surface area (Å²) in [5, 5.41) is 6.26. The van der Waals surface area contributed by atoms with Crippen LogP contribution in [-0.4, -0.2) is 57.0 Å². The minimum atomic E-state index is -0.362. The van der Waals surface area contributed by atoms with E-state index in [2.05, 4.69) is 49.7 Å². The molecule has 164 valence electrons. The van der Waals surface area contributed by atoms with E-state index in [4.69, 9.17) is 0 Å². The number of halogens is 1. The lowest BCUT2D eigenvalue weighted by Crippen LogP contribution is -2.43. The van der Waals surface area contributed by atoms with Crippen molar-refractivity contribution in [3.05, 3.63) is 29.8 Å². The summed E-state index contributed by atoms with van der Waals surface area (Å²) in [6, 6.07) is 8.87. The largest absolute Gasteiger partial charge is 0.372 e. The van der Waals surface area contributed by atoms with Gasteiger partial charge in [-0.1, -0.05) is 32.9 Å². The summed E-state index contributed by atoms with van der Waals surface area (Å²) in [7, 11) is 3.81. The Morgan fingerprint density at radius 1 is 1.07 bits per heavy atom. The smallest absolute Gasteiger partial charge is 0.225 e. The van der Waals surface area contributed by atoms with Crippen LogP contribution in [-0.2, 0) is 11.3 Å². The lowest BCUT2D eigenvalue weighted by Gasteiger charge is -2.29. The minimum Gasteiger partial charge on any atom is -0.372 e. The van der Waals surface area contributed by atoms with E-state index >= 15 is 0 Å². The Bertz CT molecular complexity index is 648. The number of nitrogens with one attached hydrogen (secondary N) is 2. The van der Waals surface area contributed by atoms with Gasteiger partial charge in [-0.15, -0.1) is 24.0 Å². The molecular weight excluding hydrogens is 477 g/mol. The van der Waals surface area contributed by atoms with E-state index in [-0.39, 0.29) is 35.3 Å². The Balaban J connectivity index is 0.00000420. The highest BCUT2D eigenvalue weighted by Crippen LogP contribution is 2.20. The van der Waals surface area contributed by atoms with Crippen LogP contribution in [0.4, 0.5) is 5.69 Å². The van der Waals surface area contributed by atoms with Gasteiger partial charge in [-0.05, 0) is 37.0 Å². The standard InChI is InChI=1S/C22H37N5O.HI/c1-22(2,3)20(28)24-13-14-25-21(23-4)26(5)17-18-9-11-19(12-10-18)27-15-7-6-8-16-27;/h9-12H,6-8,13-17H2,1-5H3,(H,23,25)(H,24,28);1H. The second-order valence-electron chi connectivity index (χ2n) is 8.55. The fourth-order valence-corrected chi connectivity index (χ4v) is 3.31. The molecular formula is C22H38IN5O. The fraction of sp³-hybridized carbons (Fsp3) is 0.636. The third-order valence-electron chi connectivity index (χ3n) is 5.03. The van der Waals surface area contributed by atoms with E-state index in [0.717, 1.165) is 12.5 Å². The topological polar surface area (TPSA) is 60.0 Å². The van der Waals surface area contributed by atoms with E-state index in [1.54, 1.807) is 7.05 Å². The zero-order valence-corrected chi connectivity index (χ0v) is 21.0. The normalized spacial score (nSPS) is 14.8. The molecule has 2 rings (SSSR count). The average Bonchev–Trinajstić information content (AvgIpc) is 2.68. The van der Waals surface area contributed by atoms with Crippen molar-refractivity contribution in [3.63, 3.8) is 0 Å². The number of rotatable bonds is 6. The predicted octanol–water partition coefficient (Wildman–Crippen LogP) is 3.46. The Morgan fingerprint density at radius 2 is 1.66 bits per heavy atom. The van der Waals surface area contributed by atoms with Crippen LogP contribution in [0, 0.1) is 5.41 Å². The second kappa shape index (κ2) is 12.2. The highest BCUT2D eigenvalue weighted by Gasteiger charge is 2.20. The molecule has 1 amide bonds. The molecule has 1 heterocycles. The number of nitrogens with zero attached hydrogens (tertiary/aromatic N) is 3. The van der Waals surface area contributed by atoms with Gasteiger partial charge in [0.05, 0.1) is 0 Å². The number of aliphatic imine (C=N–C) groups is 1. The van der Waals surface area contributed by atoms with Crippen molar-refractivity contribution in [3.8, 4) is 0 Å². The molecule has 1 aromatic rings. The molecule has 2 N–H and O–H groups in total. The first-order valence-electron chi connectivity index (χ1n) is 10.4. The van der Waals surface area contributed by atoms with E-state index < -0.39 is 0 Å². The molecule has 0 aliphatic carbocycles. The summed E-state index contributed by atoms with van der Waals surface area (Å²) < 4.78 is 0. The van der Waals surface area contributed by atoms with Gasteiger partial charge in [0.25, 0.3) is 0 Å². The zero-order valence-electron chi connectivity index (χ0n) is 18.6. The van der Waals surface area contributed by atoms with Crippen molar-refractivity contribution in [1.82, 2.24) is 15.5 Å². The van der Waals surface area contributed by atoms with Crippen LogP contribution in [0.15, 0.2) is 29.3 Å². The summed E-state index contributed by atoms with van der Waals surface area (Å²) >= 11 is 0. The Morgan fingerprint density at radius 3 is 2.21 bits per heavy atom. The summed E-state index contributed by atoms with van der Waals surface area (Å²) in [5.74, 6) is 0.886. The van der Waals surface area contributed by atoms with Gasteiger partial charge in [0.15, 0.2) is 5.96 Å². The second-order valence-corrected chi connectivity index (χ2v) is 8.55. The van der Waals surface area contributed by atoms with Crippen molar-refractivity contribution in [2.24, 2.45) is 10.4 Å². The lowest BCUT2D eigenvalue weighted by atomic mass is 9.96. The Labute approximate surface area is 193 Å². The van der Waals surface area contributed by atoms with Crippen LogP contribution >= 0.6 is 24.0 Å². The van der Waals surface area contributed by atoms with Crippen LogP contribution in [0.3, 0.4) is 0 Å². The van der Waals surface area contributed by atoms with Gasteiger partial charge in [0, 0.05) is 57.9 Å². The first-order chi connectivity index (χ1) is 13.3. The quantitative estimate of drug-likeness (QED) is 0.264. The molecule has 1 aliphatic rings. The van der Waals surface area contributed by atoms with Crippen LogP contribution in [0.2, 0.25) is 0 Å². The van der Waals surface area contributed by atoms with Gasteiger partial charge < -0.3 is 20.4 Å². The molecule has 0 bridgehead atoms. The van der Waals surface area contributed by atoms with Gasteiger partial charge in [0.2, 0.25) is 5.91 Å². The van der Waals surface area contributed by atoms with E-state index in [1.807, 2.05) is 27.8 Å². The highest BCUT2D eigenvalue weighted by atomic mass is 127. The van der Waals surface area contributed by atoms with E-state index in [9.17, 15) is 4.79 Å². The van der Waals surface area contributed by atoms with Crippen molar-refractivity contribution >= 4 is 41.5 Å². The van der Waals surface area contributed by atoms with Gasteiger partial charge in [0.1, 0.15) is 0 Å². The van der Waals surface area contributed by atoms with Gasteiger partial charge in [-0.25, -0.2) is 0 Å². The number of anilines is 1. The Kier molecular flexibility index (Phi) is 10.8. The lowest BCUT2D eigenvalue weighted by molar-refractivity contribution is -0.128. The first-order valence-corrected chi connectivity index (χ1v) is 10.4. The van der Waals surface area contributed by atoms with E-state index in [0.29, 0.717) is 13.1 Å². The number of piperidine rings is 1. The summed E-state index contributed by atoms with van der Waals surface area (Å²) in [4.78, 5) is 20.8. The number of benzene rings is 1. The zero-order chi connectivity index (χ0) is 20.6. The third-order valence-corrected chi connectivity index (χ3v) is 5.03. The third kappa shape index (κ3) is 8.40. The van der Waals surface area contributed by atoms with Crippen LogP contribution in [0.1, 0.15) is 45.6 Å². The average molecular weight is 515 g/mol. The number of carbonyl (C=O) groups is 1. The molecule has 7 heteroatoms. The molecule has 0 radical (unpaired) electrons. The SMILES string of the molecule is CN=C(NCCNC(=O)C(C)(C)C)N(C)Cc1ccc(N2CCCCC2)cc1.I. The maximum atomic E-state index is 11.9. The van der Waals surface area contributed by atoms with E-state index in [1.165, 1.54) is 43.6 Å². The molecule has 1 aliphatic heterocycles. The number of amides is 1. The highest BCUT2D eigenvalue weighted by molar-refractivity contribution is 14.0. The molecule has 29 heavy (non-hydrogen) atoms. The number of guanidine groups is 1. The Hall–Kier alpha value is -1.51. The van der Waals surface area contributed by atoms with Crippen molar-refractivity contribution in [2.45, 2.75) is 46.6 Å². The molecule has 0 unspecified atom stereocenters. The molecule has 0 atom stereocenters. The summed E-state index contributed by atoms with van der Waals surface area (Å²) in [6.07, 6.45) is 3.94.